The van der Waals surface area contributed by atoms with Crippen molar-refractivity contribution < 1.29 is 9.53 Å². The van der Waals surface area contributed by atoms with Gasteiger partial charge >= 0.3 is 5.97 Å². The first-order valence-corrected chi connectivity index (χ1v) is 6.13. The summed E-state index contributed by atoms with van der Waals surface area (Å²) in [5.74, 6) is -0.0478. The fraction of sp³-hybridized carbons (Fsp3) is 0.750. The number of carbonyl (C=O) groups is 1. The molecule has 1 aromatic rings. The van der Waals surface area contributed by atoms with Crippen LogP contribution in [0.3, 0.4) is 0 Å². The minimum atomic E-state index is -0.376. The van der Waals surface area contributed by atoms with Crippen LogP contribution in [0.5, 0.6) is 0 Å². The SMILES string of the molecule is CCCCn1nnc(C(=O)OCC(C)C)c1C. The summed E-state index contributed by atoms with van der Waals surface area (Å²) in [6, 6.07) is 0. The van der Waals surface area contributed by atoms with Crippen LogP contribution in [0.15, 0.2) is 0 Å². The number of unbranched alkanes of at least 4 members (excludes halogenated alkanes) is 1. The maximum Gasteiger partial charge on any atom is 0.360 e. The van der Waals surface area contributed by atoms with Gasteiger partial charge in [0.1, 0.15) is 0 Å². The molecule has 0 N–H and O–H groups in total. The topological polar surface area (TPSA) is 57.0 Å². The Labute approximate surface area is 102 Å². The third-order valence-electron chi connectivity index (χ3n) is 2.45. The number of esters is 1. The normalized spacial score (nSPS) is 10.9. The molecule has 0 saturated carbocycles. The smallest absolute Gasteiger partial charge is 0.360 e. The molecule has 0 fully saturated rings. The molecule has 1 aromatic heterocycles. The summed E-state index contributed by atoms with van der Waals surface area (Å²) in [5.41, 5.74) is 1.12. The number of aromatic nitrogens is 3. The monoisotopic (exact) mass is 239 g/mol. The Morgan fingerprint density at radius 2 is 2.18 bits per heavy atom. The third kappa shape index (κ3) is 3.84. The fourth-order valence-corrected chi connectivity index (χ4v) is 1.38. The second-order valence-electron chi connectivity index (χ2n) is 4.59. The predicted molar refractivity (Wildman–Crippen MR) is 64.8 cm³/mol. The van der Waals surface area contributed by atoms with Gasteiger partial charge in [-0.2, -0.15) is 0 Å². The van der Waals surface area contributed by atoms with E-state index in [2.05, 4.69) is 17.2 Å². The Bertz CT molecular complexity index is 372. The van der Waals surface area contributed by atoms with Crippen LogP contribution in [0.4, 0.5) is 0 Å². The van der Waals surface area contributed by atoms with E-state index in [1.807, 2.05) is 20.8 Å². The van der Waals surface area contributed by atoms with Gasteiger partial charge in [0.25, 0.3) is 0 Å². The van der Waals surface area contributed by atoms with Gasteiger partial charge < -0.3 is 4.74 Å². The molecule has 5 nitrogen and oxygen atoms in total. The zero-order chi connectivity index (χ0) is 12.8. The van der Waals surface area contributed by atoms with Crippen molar-refractivity contribution in [3.63, 3.8) is 0 Å². The van der Waals surface area contributed by atoms with E-state index in [-0.39, 0.29) is 5.97 Å². The molecule has 0 unspecified atom stereocenters. The molecule has 0 radical (unpaired) electrons. The first-order valence-electron chi connectivity index (χ1n) is 6.13. The molecule has 5 heteroatoms. The van der Waals surface area contributed by atoms with Crippen LogP contribution >= 0.6 is 0 Å². The summed E-state index contributed by atoms with van der Waals surface area (Å²) in [7, 11) is 0. The average molecular weight is 239 g/mol. The van der Waals surface area contributed by atoms with E-state index in [9.17, 15) is 4.79 Å². The first kappa shape index (κ1) is 13.7. The second-order valence-corrected chi connectivity index (χ2v) is 4.59. The van der Waals surface area contributed by atoms with Crippen molar-refractivity contribution in [1.82, 2.24) is 15.0 Å². The molecule has 1 rings (SSSR count). The van der Waals surface area contributed by atoms with Crippen LogP contribution in [0.2, 0.25) is 0 Å². The molecule has 0 bridgehead atoms. The zero-order valence-corrected chi connectivity index (χ0v) is 11.1. The van der Waals surface area contributed by atoms with Gasteiger partial charge in [0, 0.05) is 6.54 Å². The van der Waals surface area contributed by atoms with E-state index >= 15 is 0 Å². The molecule has 96 valence electrons. The first-order chi connectivity index (χ1) is 8.06. The lowest BCUT2D eigenvalue weighted by molar-refractivity contribution is 0.0451. The highest BCUT2D eigenvalue weighted by atomic mass is 16.5. The van der Waals surface area contributed by atoms with Gasteiger partial charge in [-0.05, 0) is 19.3 Å². The molecule has 1 heterocycles. The lowest BCUT2D eigenvalue weighted by Gasteiger charge is -2.06. The highest BCUT2D eigenvalue weighted by Crippen LogP contribution is 2.07. The Balaban J connectivity index is 2.64. The maximum atomic E-state index is 11.7. The molecular weight excluding hydrogens is 218 g/mol. The predicted octanol–water partition coefficient (Wildman–Crippen LogP) is 2.20. The summed E-state index contributed by atoms with van der Waals surface area (Å²) >= 11 is 0. The molecule has 0 saturated heterocycles. The molecule has 17 heavy (non-hydrogen) atoms. The van der Waals surface area contributed by atoms with Crippen molar-refractivity contribution in [3.8, 4) is 0 Å². The zero-order valence-electron chi connectivity index (χ0n) is 11.1. The lowest BCUT2D eigenvalue weighted by atomic mass is 10.2. The standard InChI is InChI=1S/C12H21N3O2/c1-5-6-7-15-10(4)11(13-14-15)12(16)17-8-9(2)3/h9H,5-8H2,1-4H3. The summed E-state index contributed by atoms with van der Waals surface area (Å²) in [6.45, 7) is 9.18. The number of aryl methyl sites for hydroxylation is 1. The van der Waals surface area contributed by atoms with Gasteiger partial charge in [-0.3, -0.25) is 0 Å². The maximum absolute atomic E-state index is 11.7. The van der Waals surface area contributed by atoms with E-state index in [0.29, 0.717) is 18.2 Å². The van der Waals surface area contributed by atoms with Crippen LogP contribution in [-0.4, -0.2) is 27.6 Å². The number of rotatable bonds is 6. The van der Waals surface area contributed by atoms with Crippen LogP contribution < -0.4 is 0 Å². The molecule has 0 aliphatic carbocycles. The van der Waals surface area contributed by atoms with E-state index in [0.717, 1.165) is 25.1 Å². The summed E-state index contributed by atoms with van der Waals surface area (Å²) < 4.78 is 6.89. The number of hydrogen-bond acceptors (Lipinski definition) is 4. The van der Waals surface area contributed by atoms with Crippen molar-refractivity contribution >= 4 is 5.97 Å². The van der Waals surface area contributed by atoms with Crippen molar-refractivity contribution in [1.29, 1.82) is 0 Å². The Morgan fingerprint density at radius 3 is 2.76 bits per heavy atom. The highest BCUT2D eigenvalue weighted by molar-refractivity contribution is 5.88. The van der Waals surface area contributed by atoms with E-state index in [4.69, 9.17) is 4.74 Å². The second kappa shape index (κ2) is 6.37. The minimum absolute atomic E-state index is 0.328. The summed E-state index contributed by atoms with van der Waals surface area (Å²) in [5, 5.41) is 7.85. The number of ether oxygens (including phenoxy) is 1. The average Bonchev–Trinajstić information content (AvgIpc) is 2.65. The minimum Gasteiger partial charge on any atom is -0.461 e. The van der Waals surface area contributed by atoms with Crippen molar-refractivity contribution in [3.05, 3.63) is 11.4 Å². The van der Waals surface area contributed by atoms with E-state index < -0.39 is 0 Å². The van der Waals surface area contributed by atoms with Gasteiger partial charge in [0.2, 0.25) is 0 Å². The molecule has 0 aliphatic rings. The summed E-state index contributed by atoms with van der Waals surface area (Å²) in [6.07, 6.45) is 2.12. The number of carbonyl (C=O) groups excluding carboxylic acids is 1. The number of nitrogens with zero attached hydrogens (tertiary/aromatic N) is 3. The number of hydrogen-bond donors (Lipinski definition) is 0. The fourth-order valence-electron chi connectivity index (χ4n) is 1.38. The van der Waals surface area contributed by atoms with Crippen LogP contribution in [0.25, 0.3) is 0 Å². The van der Waals surface area contributed by atoms with Crippen molar-refractivity contribution in [2.75, 3.05) is 6.61 Å². The van der Waals surface area contributed by atoms with E-state index in [1.54, 1.807) is 4.68 Å². The van der Waals surface area contributed by atoms with Gasteiger partial charge in [-0.1, -0.05) is 32.4 Å². The van der Waals surface area contributed by atoms with Gasteiger partial charge in [0.05, 0.1) is 12.3 Å². The quantitative estimate of drug-likeness (QED) is 0.714. The Morgan fingerprint density at radius 1 is 1.47 bits per heavy atom. The molecule has 0 spiro atoms. The van der Waals surface area contributed by atoms with Crippen molar-refractivity contribution in [2.24, 2.45) is 5.92 Å². The highest BCUT2D eigenvalue weighted by Gasteiger charge is 2.17. The molecule has 0 aromatic carbocycles. The summed E-state index contributed by atoms with van der Waals surface area (Å²) in [4.78, 5) is 11.7. The van der Waals surface area contributed by atoms with Gasteiger partial charge in [0.15, 0.2) is 5.69 Å². The Kier molecular flexibility index (Phi) is 5.12. The molecule has 0 atom stereocenters. The largest absolute Gasteiger partial charge is 0.461 e. The molecule has 0 amide bonds. The molecule has 0 aliphatic heterocycles. The van der Waals surface area contributed by atoms with Crippen LogP contribution in [-0.2, 0) is 11.3 Å². The Hall–Kier alpha value is -1.39. The van der Waals surface area contributed by atoms with Crippen molar-refractivity contribution in [2.45, 2.75) is 47.1 Å². The lowest BCUT2D eigenvalue weighted by Crippen LogP contribution is -2.12. The van der Waals surface area contributed by atoms with Crippen LogP contribution in [0, 0.1) is 12.8 Å². The van der Waals surface area contributed by atoms with Gasteiger partial charge in [-0.15, -0.1) is 5.10 Å². The van der Waals surface area contributed by atoms with E-state index in [1.165, 1.54) is 0 Å². The third-order valence-corrected chi connectivity index (χ3v) is 2.45. The van der Waals surface area contributed by atoms with Crippen LogP contribution in [0.1, 0.15) is 49.8 Å². The van der Waals surface area contributed by atoms with Gasteiger partial charge in [-0.25, -0.2) is 9.48 Å². The molecular formula is C12H21N3O2.